The quantitative estimate of drug-likeness (QED) is 0.372. The molecular formula is C29H32ClN5O2. The number of nitrogens with two attached hydrogens (primary N) is 1. The third kappa shape index (κ3) is 3.54. The lowest BCUT2D eigenvalue weighted by molar-refractivity contribution is -0.127. The molecule has 8 heteroatoms. The van der Waals surface area contributed by atoms with Crippen molar-refractivity contribution in [3.63, 3.8) is 0 Å². The van der Waals surface area contributed by atoms with Crippen molar-refractivity contribution < 1.29 is 9.59 Å². The number of H-pyrrole nitrogens is 1. The molecule has 5 N–H and O–H groups in total. The topological polar surface area (TPSA) is 113 Å². The van der Waals surface area contributed by atoms with Crippen LogP contribution in [-0.4, -0.2) is 34.4 Å². The maximum absolute atomic E-state index is 13.8. The van der Waals surface area contributed by atoms with Crippen LogP contribution < -0.4 is 16.4 Å². The molecule has 6 atom stereocenters. The average Bonchev–Trinajstić information content (AvgIpc) is 3.39. The molecule has 37 heavy (non-hydrogen) atoms. The first kappa shape index (κ1) is 23.2. The van der Waals surface area contributed by atoms with Crippen molar-refractivity contribution in [2.75, 3.05) is 11.9 Å². The summed E-state index contributed by atoms with van der Waals surface area (Å²) in [5.74, 6) is 1.72. The van der Waals surface area contributed by atoms with E-state index in [4.69, 9.17) is 17.3 Å². The van der Waals surface area contributed by atoms with Gasteiger partial charge in [0.25, 0.3) is 0 Å². The van der Waals surface area contributed by atoms with Gasteiger partial charge in [0.2, 0.25) is 11.8 Å². The highest BCUT2D eigenvalue weighted by Crippen LogP contribution is 2.68. The summed E-state index contributed by atoms with van der Waals surface area (Å²) in [7, 11) is 0. The minimum absolute atomic E-state index is 0.0541. The van der Waals surface area contributed by atoms with Crippen LogP contribution in [0.2, 0.25) is 5.02 Å². The van der Waals surface area contributed by atoms with Crippen molar-refractivity contribution in [1.82, 2.24) is 15.3 Å². The number of rotatable bonds is 7. The van der Waals surface area contributed by atoms with Crippen LogP contribution >= 0.6 is 11.6 Å². The van der Waals surface area contributed by atoms with Gasteiger partial charge in [-0.25, -0.2) is 4.98 Å². The molecule has 6 unspecified atom stereocenters. The largest absolute Gasteiger partial charge is 0.354 e. The SMILES string of the molecule is NC(CNC(=O)C1(c2ccc(Cl)cc2)CC1)C1C2CC3CC1C(C(=O)Nc1ccnc4[nH]ccc14)(C3)C2. The molecule has 1 aromatic carbocycles. The van der Waals surface area contributed by atoms with Gasteiger partial charge in [0.05, 0.1) is 16.5 Å². The molecule has 0 spiro atoms. The van der Waals surface area contributed by atoms with Gasteiger partial charge >= 0.3 is 0 Å². The maximum Gasteiger partial charge on any atom is 0.230 e. The summed E-state index contributed by atoms with van der Waals surface area (Å²) < 4.78 is 0. The number of nitrogens with zero attached hydrogens (tertiary/aromatic N) is 1. The number of carbonyl (C=O) groups is 2. The van der Waals surface area contributed by atoms with Crippen LogP contribution in [0.25, 0.3) is 11.0 Å². The Kier molecular flexibility index (Phi) is 5.21. The molecule has 5 aliphatic rings. The fourth-order valence-electron chi connectivity index (χ4n) is 8.25. The zero-order valence-electron chi connectivity index (χ0n) is 20.7. The lowest BCUT2D eigenvalue weighted by atomic mass is 9.72. The van der Waals surface area contributed by atoms with Crippen molar-refractivity contribution in [3.8, 4) is 0 Å². The van der Waals surface area contributed by atoms with Crippen LogP contribution in [0, 0.1) is 29.1 Å². The number of nitrogens with one attached hydrogen (secondary N) is 3. The fourth-order valence-corrected chi connectivity index (χ4v) is 8.38. The number of pyridine rings is 1. The highest BCUT2D eigenvalue weighted by atomic mass is 35.5. The van der Waals surface area contributed by atoms with Crippen molar-refractivity contribution in [1.29, 1.82) is 0 Å². The van der Waals surface area contributed by atoms with Crippen molar-refractivity contribution >= 4 is 40.1 Å². The normalized spacial score (nSPS) is 31.4. The van der Waals surface area contributed by atoms with E-state index in [1.165, 1.54) is 0 Å². The van der Waals surface area contributed by atoms with Crippen molar-refractivity contribution in [3.05, 3.63) is 59.4 Å². The number of halogens is 1. The van der Waals surface area contributed by atoms with Gasteiger partial charge < -0.3 is 21.4 Å². The molecule has 5 saturated carbocycles. The van der Waals surface area contributed by atoms with E-state index in [9.17, 15) is 9.59 Å². The Hall–Kier alpha value is -2.90. The predicted octanol–water partition coefficient (Wildman–Crippen LogP) is 4.38. The molecule has 0 saturated heterocycles. The lowest BCUT2D eigenvalue weighted by Crippen LogP contribution is -2.49. The third-order valence-corrected chi connectivity index (χ3v) is 10.2. The summed E-state index contributed by atoms with van der Waals surface area (Å²) in [6, 6.07) is 11.3. The number of aromatic amines is 1. The van der Waals surface area contributed by atoms with E-state index < -0.39 is 5.41 Å². The van der Waals surface area contributed by atoms with E-state index in [-0.39, 0.29) is 35.1 Å². The fraction of sp³-hybridized carbons (Fsp3) is 0.483. The van der Waals surface area contributed by atoms with Crippen molar-refractivity contribution in [2.24, 2.45) is 34.8 Å². The second-order valence-corrected chi connectivity index (χ2v) is 12.3. The van der Waals surface area contributed by atoms with Gasteiger partial charge in [0.15, 0.2) is 0 Å². The van der Waals surface area contributed by atoms with Gasteiger partial charge in [-0.3, -0.25) is 9.59 Å². The summed E-state index contributed by atoms with van der Waals surface area (Å²) in [5, 5.41) is 8.04. The second-order valence-electron chi connectivity index (χ2n) is 11.9. The Bertz CT molecular complexity index is 1380. The highest BCUT2D eigenvalue weighted by molar-refractivity contribution is 6.30. The van der Waals surface area contributed by atoms with Crippen LogP contribution in [-0.2, 0) is 15.0 Å². The molecule has 0 radical (unpaired) electrons. The number of hydrogen-bond donors (Lipinski definition) is 4. The van der Waals surface area contributed by atoms with E-state index >= 15 is 0 Å². The lowest BCUT2D eigenvalue weighted by Gasteiger charge is -2.36. The van der Waals surface area contributed by atoms with Gasteiger partial charge in [-0.15, -0.1) is 0 Å². The van der Waals surface area contributed by atoms with Crippen LogP contribution in [0.1, 0.15) is 44.1 Å². The first-order valence-electron chi connectivity index (χ1n) is 13.4. The zero-order valence-corrected chi connectivity index (χ0v) is 21.4. The standard InChI is InChI=1S/C29H32ClN5O2/c30-19-3-1-18(2-4-19)28(7-8-28)26(36)34-15-22(31)24-17-11-16-12-21(24)29(13-16,14-17)27(37)35-23-6-10-33-25-20(23)5-9-32-25/h1-6,9-10,16-17,21-22,24H,7-8,11-15,31H2,(H,34,36)(H2,32,33,35,37). The molecular weight excluding hydrogens is 486 g/mol. The van der Waals surface area contributed by atoms with E-state index in [1.807, 2.05) is 42.6 Å². The first-order valence-corrected chi connectivity index (χ1v) is 13.8. The van der Waals surface area contributed by atoms with E-state index in [1.54, 1.807) is 6.20 Å². The maximum atomic E-state index is 13.8. The van der Waals surface area contributed by atoms with Gasteiger partial charge in [-0.05, 0) is 92.0 Å². The van der Waals surface area contributed by atoms with Crippen LogP contribution in [0.15, 0.2) is 48.8 Å². The Labute approximate surface area is 220 Å². The minimum Gasteiger partial charge on any atom is -0.354 e. The van der Waals surface area contributed by atoms with E-state index in [0.29, 0.717) is 23.4 Å². The Balaban J connectivity index is 1.06. The van der Waals surface area contributed by atoms with Gasteiger partial charge in [-0.1, -0.05) is 23.7 Å². The summed E-state index contributed by atoms with van der Waals surface area (Å²) in [6.45, 7) is 0.447. The molecule has 2 amide bonds. The van der Waals surface area contributed by atoms with Gasteiger partial charge in [-0.2, -0.15) is 0 Å². The van der Waals surface area contributed by atoms with Gasteiger partial charge in [0.1, 0.15) is 5.65 Å². The highest BCUT2D eigenvalue weighted by Gasteiger charge is 2.66. The Morgan fingerprint density at radius 2 is 1.92 bits per heavy atom. The number of carbonyl (C=O) groups excluding carboxylic acids is 2. The van der Waals surface area contributed by atoms with Crippen LogP contribution in [0.3, 0.4) is 0 Å². The first-order chi connectivity index (χ1) is 17.9. The van der Waals surface area contributed by atoms with Crippen molar-refractivity contribution in [2.45, 2.75) is 50.0 Å². The smallest absolute Gasteiger partial charge is 0.230 e. The number of aromatic nitrogens is 2. The third-order valence-electron chi connectivity index (χ3n) is 9.96. The van der Waals surface area contributed by atoms with E-state index in [0.717, 1.165) is 60.8 Å². The minimum atomic E-state index is -0.452. The van der Waals surface area contributed by atoms with E-state index in [2.05, 4.69) is 20.6 Å². The van der Waals surface area contributed by atoms with Gasteiger partial charge in [0, 0.05) is 35.4 Å². The summed E-state index contributed by atoms with van der Waals surface area (Å²) in [5.41, 5.74) is 8.60. The summed E-state index contributed by atoms with van der Waals surface area (Å²) in [4.78, 5) is 34.5. The summed E-state index contributed by atoms with van der Waals surface area (Å²) in [6.07, 6.45) is 9.29. The number of amides is 2. The molecule has 2 heterocycles. The zero-order chi connectivity index (χ0) is 25.4. The Morgan fingerprint density at radius 3 is 2.70 bits per heavy atom. The number of anilines is 1. The molecule has 4 bridgehead atoms. The number of hydrogen-bond acceptors (Lipinski definition) is 4. The molecule has 7 nitrogen and oxygen atoms in total. The summed E-state index contributed by atoms with van der Waals surface area (Å²) >= 11 is 6.05. The molecule has 192 valence electrons. The molecule has 5 aliphatic carbocycles. The van der Waals surface area contributed by atoms with Crippen LogP contribution in [0.4, 0.5) is 5.69 Å². The molecule has 2 aromatic heterocycles. The predicted molar refractivity (Wildman–Crippen MR) is 143 cm³/mol. The molecule has 5 fully saturated rings. The van der Waals surface area contributed by atoms with Crippen LogP contribution in [0.5, 0.6) is 0 Å². The second kappa shape index (κ2) is 8.30. The Morgan fingerprint density at radius 1 is 1.11 bits per heavy atom. The molecule has 3 aromatic rings. The monoisotopic (exact) mass is 517 g/mol. The number of benzene rings is 1. The molecule has 0 aliphatic heterocycles. The number of fused-ring (bicyclic) bond motifs is 1. The molecule has 8 rings (SSSR count). The average molecular weight is 518 g/mol.